The van der Waals surface area contributed by atoms with Crippen molar-refractivity contribution in [1.82, 2.24) is 20.0 Å². The lowest BCUT2D eigenvalue weighted by Crippen LogP contribution is -2.53. The Morgan fingerprint density at radius 1 is 1.14 bits per heavy atom. The van der Waals surface area contributed by atoms with Crippen molar-refractivity contribution in [2.75, 3.05) is 0 Å². The fourth-order valence-electron chi connectivity index (χ4n) is 6.49. The Hall–Kier alpha value is -3.48. The maximum absolute atomic E-state index is 14.4. The van der Waals surface area contributed by atoms with Crippen LogP contribution in [0.2, 0.25) is 5.02 Å². The highest BCUT2D eigenvalue weighted by atomic mass is 35.5. The fourth-order valence-corrected chi connectivity index (χ4v) is 6.69. The number of primary amides is 1. The molecule has 3 aromatic rings. The van der Waals surface area contributed by atoms with Gasteiger partial charge in [-0.2, -0.15) is 5.10 Å². The molecule has 2 aliphatic heterocycles. The maximum atomic E-state index is 14.4. The van der Waals surface area contributed by atoms with Crippen molar-refractivity contribution in [2.24, 2.45) is 11.7 Å². The largest absolute Gasteiger partial charge is 0.494 e. The molecule has 13 heteroatoms. The van der Waals surface area contributed by atoms with E-state index >= 15 is 0 Å². The summed E-state index contributed by atoms with van der Waals surface area (Å²) in [7, 11) is -0.653. The van der Waals surface area contributed by atoms with E-state index in [1.807, 2.05) is 33.8 Å². The molecule has 2 aromatic carbocycles. The van der Waals surface area contributed by atoms with Gasteiger partial charge in [0.1, 0.15) is 18.4 Å². The molecule has 0 radical (unpaired) electrons. The average Bonchev–Trinajstić information content (AvgIpc) is 3.70. The van der Waals surface area contributed by atoms with Crippen LogP contribution in [0, 0.1) is 11.7 Å². The van der Waals surface area contributed by atoms with Crippen LogP contribution < -0.4 is 16.5 Å². The van der Waals surface area contributed by atoms with E-state index < -0.39 is 36.1 Å². The zero-order valence-electron chi connectivity index (χ0n) is 24.5. The van der Waals surface area contributed by atoms with Gasteiger partial charge in [-0.3, -0.25) is 19.1 Å². The minimum absolute atomic E-state index is 0.0103. The number of fused-ring (bicyclic) bond motifs is 3. The molecule has 3 atom stereocenters. The van der Waals surface area contributed by atoms with Gasteiger partial charge < -0.3 is 25.3 Å². The number of halogens is 2. The zero-order valence-corrected chi connectivity index (χ0v) is 25.3. The van der Waals surface area contributed by atoms with E-state index in [1.165, 1.54) is 10.7 Å². The lowest BCUT2D eigenvalue weighted by molar-refractivity contribution is -0.143. The number of nitrogens with two attached hydrogens (primary N) is 1. The lowest BCUT2D eigenvalue weighted by atomic mass is 9.78. The van der Waals surface area contributed by atoms with Crippen molar-refractivity contribution in [3.63, 3.8) is 0 Å². The van der Waals surface area contributed by atoms with Crippen LogP contribution in [0.1, 0.15) is 63.0 Å². The molecule has 2 saturated heterocycles. The summed E-state index contributed by atoms with van der Waals surface area (Å²) in [5.41, 5.74) is 6.14. The van der Waals surface area contributed by atoms with Gasteiger partial charge in [0.15, 0.2) is 5.69 Å². The summed E-state index contributed by atoms with van der Waals surface area (Å²) in [5, 5.41) is 7.67. The number of nitrogens with zero attached hydrogens (tertiary/aromatic N) is 3. The van der Waals surface area contributed by atoms with E-state index in [9.17, 15) is 18.8 Å². The first-order valence-electron chi connectivity index (χ1n) is 14.4. The number of carbonyl (C=O) groups excluding carboxylic acids is 3. The Balaban J connectivity index is 1.23. The van der Waals surface area contributed by atoms with E-state index in [-0.39, 0.29) is 53.1 Å². The number of piperidine rings is 1. The van der Waals surface area contributed by atoms with Gasteiger partial charge in [-0.25, -0.2) is 4.39 Å². The van der Waals surface area contributed by atoms with Crippen LogP contribution in [0.15, 0.2) is 36.4 Å². The van der Waals surface area contributed by atoms with E-state index in [1.54, 1.807) is 29.2 Å². The molecule has 3 aliphatic rings. The number of hydrogen-bond donors (Lipinski definition) is 2. The number of amides is 3. The Morgan fingerprint density at radius 2 is 1.86 bits per heavy atom. The summed E-state index contributed by atoms with van der Waals surface area (Å²) in [4.78, 5) is 41.2. The van der Waals surface area contributed by atoms with E-state index in [2.05, 4.69) is 10.4 Å². The minimum atomic E-state index is -0.729. The molecule has 2 bridgehead atoms. The monoisotopic (exact) mass is 609 g/mol. The Bertz CT molecular complexity index is 1630. The molecule has 1 aliphatic carbocycles. The summed E-state index contributed by atoms with van der Waals surface area (Å²) in [6.45, 7) is 7.60. The second-order valence-electron chi connectivity index (χ2n) is 12.6. The summed E-state index contributed by atoms with van der Waals surface area (Å²) in [6, 6.07) is 9.21. The number of carbonyl (C=O) groups is 3. The second kappa shape index (κ2) is 10.6. The fraction of sp³-hybridized carbons (Fsp3) is 0.467. The standard InChI is InChI=1S/C30H34BClFN5O5/c1-29(2)30(3,4)43-31(42-29)18-9-11-22-20(13-18)25(27(34)40)36-37(22)15-23(39)38-19-10-8-16(12-19)26(38)28(41)35-14-17-6-5-7-21(32)24(17)33/h5-7,9,11,13,16,19,26H,8,10,12,14-15H2,1-4H3,(H2,34,40)(H,35,41). The van der Waals surface area contributed by atoms with Crippen molar-refractivity contribution in [3.05, 3.63) is 58.5 Å². The van der Waals surface area contributed by atoms with Crippen molar-refractivity contribution in [3.8, 4) is 0 Å². The number of aromatic nitrogens is 2. The number of benzene rings is 2. The quantitative estimate of drug-likeness (QED) is 0.397. The van der Waals surface area contributed by atoms with Gasteiger partial charge in [-0.1, -0.05) is 35.9 Å². The van der Waals surface area contributed by atoms with Crippen molar-refractivity contribution in [1.29, 1.82) is 0 Å². The molecule has 3 heterocycles. The Kier molecular flexibility index (Phi) is 7.30. The van der Waals surface area contributed by atoms with Gasteiger partial charge in [0.05, 0.1) is 21.7 Å². The predicted molar refractivity (Wildman–Crippen MR) is 159 cm³/mol. The van der Waals surface area contributed by atoms with Gasteiger partial charge in [-0.15, -0.1) is 0 Å². The molecule has 6 rings (SSSR count). The van der Waals surface area contributed by atoms with Gasteiger partial charge in [0.25, 0.3) is 5.91 Å². The van der Waals surface area contributed by atoms with Crippen LogP contribution in [-0.2, 0) is 32.0 Å². The highest BCUT2D eigenvalue weighted by Crippen LogP contribution is 2.43. The first kappa shape index (κ1) is 29.6. The number of nitrogens with one attached hydrogen (secondary N) is 1. The molecule has 3 N–H and O–H groups in total. The lowest BCUT2D eigenvalue weighted by Gasteiger charge is -2.34. The first-order chi connectivity index (χ1) is 20.3. The van der Waals surface area contributed by atoms with Crippen molar-refractivity contribution >= 4 is 52.8 Å². The van der Waals surface area contributed by atoms with E-state index in [0.29, 0.717) is 16.4 Å². The van der Waals surface area contributed by atoms with Crippen molar-refractivity contribution < 1.29 is 28.1 Å². The van der Waals surface area contributed by atoms with Crippen LogP contribution in [0.5, 0.6) is 0 Å². The topological polar surface area (TPSA) is 129 Å². The smallest absolute Gasteiger partial charge is 0.399 e. The van der Waals surface area contributed by atoms with Gasteiger partial charge in [0, 0.05) is 23.5 Å². The molecule has 3 amide bonds. The molecule has 3 fully saturated rings. The third-order valence-corrected chi connectivity index (χ3v) is 9.74. The molecule has 1 aromatic heterocycles. The second-order valence-corrected chi connectivity index (χ2v) is 13.0. The molecule has 226 valence electrons. The third kappa shape index (κ3) is 5.09. The molecule has 1 saturated carbocycles. The maximum Gasteiger partial charge on any atom is 0.494 e. The Labute approximate surface area is 254 Å². The molecule has 10 nitrogen and oxygen atoms in total. The Morgan fingerprint density at radius 3 is 2.56 bits per heavy atom. The normalized spacial score (nSPS) is 23.7. The first-order valence-corrected chi connectivity index (χ1v) is 14.8. The van der Waals surface area contributed by atoms with E-state index in [0.717, 1.165) is 19.3 Å². The molecular weight excluding hydrogens is 576 g/mol. The van der Waals surface area contributed by atoms with E-state index in [4.69, 9.17) is 26.6 Å². The molecule has 43 heavy (non-hydrogen) atoms. The van der Waals surface area contributed by atoms with Crippen LogP contribution in [0.25, 0.3) is 10.9 Å². The SMILES string of the molecule is CC1(C)OB(c2ccc3c(c2)c(C(N)=O)nn3CC(=O)N2C3CCC(C3)C2C(=O)NCc2cccc(Cl)c2F)OC1(C)C. The van der Waals surface area contributed by atoms with Gasteiger partial charge in [0.2, 0.25) is 11.8 Å². The zero-order chi connectivity index (χ0) is 30.8. The highest BCUT2D eigenvalue weighted by molar-refractivity contribution is 6.62. The van der Waals surface area contributed by atoms with Gasteiger partial charge in [-0.05, 0) is 70.5 Å². The number of likely N-dealkylation sites (tertiary alicyclic amines) is 1. The number of hydrogen-bond acceptors (Lipinski definition) is 6. The molecular formula is C30H34BClFN5O5. The summed E-state index contributed by atoms with van der Waals surface area (Å²) in [6.07, 6.45) is 2.35. The number of rotatable bonds is 7. The predicted octanol–water partition coefficient (Wildman–Crippen LogP) is 2.92. The van der Waals surface area contributed by atoms with Crippen LogP contribution >= 0.6 is 11.6 Å². The van der Waals surface area contributed by atoms with Gasteiger partial charge >= 0.3 is 7.12 Å². The average molecular weight is 610 g/mol. The molecule has 0 spiro atoms. The highest BCUT2D eigenvalue weighted by Gasteiger charge is 2.52. The summed E-state index contributed by atoms with van der Waals surface area (Å²) in [5.74, 6) is -1.93. The third-order valence-electron chi connectivity index (χ3n) is 9.44. The van der Waals surface area contributed by atoms with Crippen LogP contribution in [-0.4, -0.2) is 62.8 Å². The summed E-state index contributed by atoms with van der Waals surface area (Å²) < 4.78 is 28.2. The molecule has 3 unspecified atom stereocenters. The summed E-state index contributed by atoms with van der Waals surface area (Å²) >= 11 is 5.89. The van der Waals surface area contributed by atoms with Crippen LogP contribution in [0.3, 0.4) is 0 Å². The minimum Gasteiger partial charge on any atom is -0.399 e. The van der Waals surface area contributed by atoms with Crippen LogP contribution in [0.4, 0.5) is 4.39 Å². The van der Waals surface area contributed by atoms with Crippen molar-refractivity contribution in [2.45, 2.75) is 83.3 Å².